The van der Waals surface area contributed by atoms with Crippen LogP contribution in [0.2, 0.25) is 0 Å². The second-order valence-electron chi connectivity index (χ2n) is 5.99. The molecule has 0 unspecified atom stereocenters. The smallest absolute Gasteiger partial charge is 0.238 e. The number of aromatic nitrogens is 2. The van der Waals surface area contributed by atoms with Crippen molar-refractivity contribution in [3.8, 4) is 23.1 Å². The van der Waals surface area contributed by atoms with Gasteiger partial charge in [-0.1, -0.05) is 0 Å². The molecule has 0 amide bonds. The van der Waals surface area contributed by atoms with Crippen LogP contribution in [0.5, 0.6) is 17.4 Å². The molecular formula is C21H23N3O3. The molecule has 3 rings (SSSR count). The van der Waals surface area contributed by atoms with E-state index in [0.29, 0.717) is 12.5 Å². The van der Waals surface area contributed by atoms with Crippen LogP contribution >= 0.6 is 0 Å². The lowest BCUT2D eigenvalue weighted by atomic mass is 10.1. The van der Waals surface area contributed by atoms with E-state index in [9.17, 15) is 0 Å². The first-order valence-electron chi connectivity index (χ1n) is 8.74. The minimum atomic E-state index is 0.527. The van der Waals surface area contributed by atoms with Crippen molar-refractivity contribution in [2.24, 2.45) is 4.99 Å². The van der Waals surface area contributed by atoms with Crippen LogP contribution in [0.1, 0.15) is 18.1 Å². The first-order valence-corrected chi connectivity index (χ1v) is 8.74. The summed E-state index contributed by atoms with van der Waals surface area (Å²) in [5, 5.41) is 4.49. The monoisotopic (exact) mass is 365 g/mol. The summed E-state index contributed by atoms with van der Waals surface area (Å²) in [4.78, 5) is 4.33. The molecule has 1 heterocycles. The Morgan fingerprint density at radius 2 is 1.85 bits per heavy atom. The molecule has 1 aromatic heterocycles. The maximum absolute atomic E-state index is 5.98. The Morgan fingerprint density at radius 1 is 1.07 bits per heavy atom. The third-order valence-corrected chi connectivity index (χ3v) is 4.04. The second-order valence-corrected chi connectivity index (χ2v) is 5.99. The van der Waals surface area contributed by atoms with Gasteiger partial charge in [0.2, 0.25) is 5.88 Å². The normalized spacial score (nSPS) is 11.0. The average Bonchev–Trinajstić information content (AvgIpc) is 3.14. The highest BCUT2D eigenvalue weighted by Gasteiger charge is 2.09. The van der Waals surface area contributed by atoms with E-state index in [4.69, 9.17) is 14.2 Å². The van der Waals surface area contributed by atoms with Gasteiger partial charge >= 0.3 is 0 Å². The third kappa shape index (κ3) is 4.47. The molecule has 27 heavy (non-hydrogen) atoms. The van der Waals surface area contributed by atoms with Crippen molar-refractivity contribution in [3.63, 3.8) is 0 Å². The Balaban J connectivity index is 1.77. The SMILES string of the molecule is CCO/C=N/c1cc(C)c(Oc2ccn(-c3ccc(OC)cc3)n2)cc1C. The summed E-state index contributed by atoms with van der Waals surface area (Å²) in [7, 11) is 1.65. The van der Waals surface area contributed by atoms with Crippen LogP contribution in [-0.2, 0) is 4.74 Å². The zero-order valence-electron chi connectivity index (χ0n) is 16.0. The van der Waals surface area contributed by atoms with Crippen LogP contribution < -0.4 is 9.47 Å². The molecule has 2 aromatic carbocycles. The summed E-state index contributed by atoms with van der Waals surface area (Å²) in [5.74, 6) is 2.09. The predicted molar refractivity (Wildman–Crippen MR) is 106 cm³/mol. The average molecular weight is 365 g/mol. The van der Waals surface area contributed by atoms with Crippen molar-refractivity contribution in [2.75, 3.05) is 13.7 Å². The van der Waals surface area contributed by atoms with Gasteiger partial charge in [0.15, 0.2) is 6.40 Å². The van der Waals surface area contributed by atoms with E-state index in [1.165, 1.54) is 6.40 Å². The highest BCUT2D eigenvalue weighted by Crippen LogP contribution is 2.31. The molecule has 0 saturated heterocycles. The number of aryl methyl sites for hydroxylation is 2. The Labute approximate surface area is 159 Å². The van der Waals surface area contributed by atoms with Crippen molar-refractivity contribution in [3.05, 3.63) is 59.8 Å². The van der Waals surface area contributed by atoms with E-state index in [1.54, 1.807) is 11.8 Å². The molecule has 0 radical (unpaired) electrons. The summed E-state index contributed by atoms with van der Waals surface area (Å²) in [6.07, 6.45) is 3.33. The van der Waals surface area contributed by atoms with Crippen LogP contribution in [0, 0.1) is 13.8 Å². The van der Waals surface area contributed by atoms with Crippen molar-refractivity contribution < 1.29 is 14.2 Å². The van der Waals surface area contributed by atoms with Gasteiger partial charge in [-0.25, -0.2) is 9.67 Å². The van der Waals surface area contributed by atoms with E-state index in [2.05, 4.69) is 10.1 Å². The molecule has 0 saturated carbocycles. The minimum Gasteiger partial charge on any atom is -0.497 e. The number of rotatable bonds is 7. The topological polar surface area (TPSA) is 57.9 Å². The van der Waals surface area contributed by atoms with Gasteiger partial charge in [0, 0.05) is 12.3 Å². The van der Waals surface area contributed by atoms with E-state index in [1.807, 2.05) is 69.4 Å². The molecule has 0 aliphatic carbocycles. The number of methoxy groups -OCH3 is 1. The third-order valence-electron chi connectivity index (χ3n) is 4.04. The van der Waals surface area contributed by atoms with Crippen LogP contribution in [0.15, 0.2) is 53.7 Å². The lowest BCUT2D eigenvalue weighted by Crippen LogP contribution is -1.96. The van der Waals surface area contributed by atoms with Gasteiger partial charge < -0.3 is 14.2 Å². The van der Waals surface area contributed by atoms with E-state index < -0.39 is 0 Å². The maximum Gasteiger partial charge on any atom is 0.238 e. The highest BCUT2D eigenvalue weighted by atomic mass is 16.5. The molecule has 0 spiro atoms. The molecule has 0 bridgehead atoms. The van der Waals surface area contributed by atoms with Crippen LogP contribution in [0.3, 0.4) is 0 Å². The Kier molecular flexibility index (Phi) is 5.76. The number of hydrogen-bond donors (Lipinski definition) is 0. The number of aliphatic imine (C=N–C) groups is 1. The van der Waals surface area contributed by atoms with Gasteiger partial charge in [-0.3, -0.25) is 0 Å². The molecule has 6 heteroatoms. The van der Waals surface area contributed by atoms with Gasteiger partial charge in [-0.05, 0) is 68.3 Å². The van der Waals surface area contributed by atoms with Gasteiger partial charge in [0.1, 0.15) is 11.5 Å². The standard InChI is InChI=1S/C21H23N3O3/c1-5-26-14-22-19-12-16(3)20(13-15(19)2)27-21-10-11-24(23-21)17-6-8-18(25-4)9-7-17/h6-14H,5H2,1-4H3/b22-14+. The number of benzene rings is 2. The van der Waals surface area contributed by atoms with E-state index in [-0.39, 0.29) is 0 Å². The van der Waals surface area contributed by atoms with Gasteiger partial charge in [-0.15, -0.1) is 5.10 Å². The van der Waals surface area contributed by atoms with Crippen molar-refractivity contribution in [2.45, 2.75) is 20.8 Å². The summed E-state index contributed by atoms with van der Waals surface area (Å²) >= 11 is 0. The fourth-order valence-electron chi connectivity index (χ4n) is 2.55. The number of hydrogen-bond acceptors (Lipinski definition) is 5. The molecule has 0 N–H and O–H groups in total. The molecular weight excluding hydrogens is 342 g/mol. The molecule has 6 nitrogen and oxygen atoms in total. The van der Waals surface area contributed by atoms with Crippen molar-refractivity contribution in [1.82, 2.24) is 9.78 Å². The first-order chi connectivity index (χ1) is 13.1. The second kappa shape index (κ2) is 8.40. The van der Waals surface area contributed by atoms with E-state index >= 15 is 0 Å². The molecule has 3 aromatic rings. The molecule has 0 fully saturated rings. The van der Waals surface area contributed by atoms with Gasteiger partial charge in [-0.2, -0.15) is 0 Å². The summed E-state index contributed by atoms with van der Waals surface area (Å²) in [6, 6.07) is 13.4. The zero-order valence-corrected chi connectivity index (χ0v) is 16.0. The summed E-state index contributed by atoms with van der Waals surface area (Å²) < 4.78 is 18.1. The maximum atomic E-state index is 5.98. The Morgan fingerprint density at radius 3 is 2.56 bits per heavy atom. The highest BCUT2D eigenvalue weighted by molar-refractivity contribution is 5.61. The molecule has 0 aliphatic heterocycles. The quantitative estimate of drug-likeness (QED) is 0.437. The molecule has 140 valence electrons. The molecule has 0 aliphatic rings. The number of ether oxygens (including phenoxy) is 3. The first kappa shape index (κ1) is 18.5. The van der Waals surface area contributed by atoms with Gasteiger partial charge in [0.05, 0.1) is 25.1 Å². The fourth-order valence-corrected chi connectivity index (χ4v) is 2.55. The lowest BCUT2D eigenvalue weighted by Gasteiger charge is -2.09. The van der Waals surface area contributed by atoms with Crippen LogP contribution in [0.4, 0.5) is 5.69 Å². The zero-order chi connectivity index (χ0) is 19.2. The number of nitrogens with zero attached hydrogens (tertiary/aromatic N) is 3. The minimum absolute atomic E-state index is 0.527. The van der Waals surface area contributed by atoms with Crippen LogP contribution in [0.25, 0.3) is 5.69 Å². The van der Waals surface area contributed by atoms with Crippen molar-refractivity contribution in [1.29, 1.82) is 0 Å². The van der Waals surface area contributed by atoms with Crippen LogP contribution in [-0.4, -0.2) is 29.9 Å². The van der Waals surface area contributed by atoms with Crippen molar-refractivity contribution >= 4 is 12.1 Å². The Hall–Kier alpha value is -3.28. The Bertz CT molecular complexity index is 930. The molecule has 0 atom stereocenters. The van der Waals surface area contributed by atoms with Gasteiger partial charge in [0.25, 0.3) is 0 Å². The fraction of sp³-hybridized carbons (Fsp3) is 0.238. The van der Waals surface area contributed by atoms with E-state index in [0.717, 1.165) is 34.0 Å². The predicted octanol–water partition coefficient (Wildman–Crippen LogP) is 4.99. The largest absolute Gasteiger partial charge is 0.497 e. The summed E-state index contributed by atoms with van der Waals surface area (Å²) in [6.45, 7) is 6.49. The lowest BCUT2D eigenvalue weighted by molar-refractivity contribution is 0.344. The summed E-state index contributed by atoms with van der Waals surface area (Å²) in [5.41, 5.74) is 3.76.